The Hall–Kier alpha value is -3.54. The Labute approximate surface area is 217 Å². The Bertz CT molecular complexity index is 1830. The van der Waals surface area contributed by atoms with Gasteiger partial charge in [-0.05, 0) is 60.8 Å². The van der Waals surface area contributed by atoms with Crippen molar-refractivity contribution in [2.45, 2.75) is 33.9 Å². The number of benzene rings is 3. The molecule has 0 saturated heterocycles. The average Bonchev–Trinajstić information content (AvgIpc) is 3.13. The van der Waals surface area contributed by atoms with Gasteiger partial charge in [-0.15, -0.1) is 0 Å². The summed E-state index contributed by atoms with van der Waals surface area (Å²) in [5.74, 6) is 0. The normalized spacial score (nSPS) is 18.7. The first-order valence-electron chi connectivity index (χ1n) is 10.6. The van der Waals surface area contributed by atoms with Gasteiger partial charge in [0.05, 0.1) is 26.9 Å². The lowest BCUT2D eigenvalue weighted by Gasteiger charge is -2.21. The fraction of sp³-hybridized carbons (Fsp3) is 0.136. The molecule has 38 heavy (non-hydrogen) atoms. The molecule has 3 aromatic rings. The van der Waals surface area contributed by atoms with Crippen molar-refractivity contribution >= 4 is 57.9 Å². The van der Waals surface area contributed by atoms with E-state index in [4.69, 9.17) is 0 Å². The third kappa shape index (κ3) is 5.35. The van der Waals surface area contributed by atoms with Crippen LogP contribution in [-0.2, 0) is 30.1 Å². The van der Waals surface area contributed by atoms with Gasteiger partial charge in [-0.2, -0.15) is 32.2 Å². The van der Waals surface area contributed by atoms with E-state index in [1.807, 2.05) is 0 Å². The van der Waals surface area contributed by atoms with Crippen molar-refractivity contribution in [3.63, 3.8) is 0 Å². The number of aliphatic hydroxyl groups excluding tert-OH is 1. The number of sulfone groups is 1. The molecule has 2 atom stereocenters. The summed E-state index contributed by atoms with van der Waals surface area (Å²) in [7, 11) is -13.3. The summed E-state index contributed by atoms with van der Waals surface area (Å²) in [6.07, 6.45) is -1.29. The maximum Gasteiger partial charge on any atom is 0.295 e. The summed E-state index contributed by atoms with van der Waals surface area (Å²) in [4.78, 5) is -1.45. The Morgan fingerprint density at radius 1 is 0.921 bits per heavy atom. The van der Waals surface area contributed by atoms with Gasteiger partial charge in [0.2, 0.25) is 0 Å². The zero-order valence-corrected chi connectivity index (χ0v) is 21.9. The molecule has 0 spiro atoms. The summed E-state index contributed by atoms with van der Waals surface area (Å²) < 4.78 is 89.5. The lowest BCUT2D eigenvalue weighted by molar-refractivity contribution is 0.170. The Balaban J connectivity index is 1.65. The van der Waals surface area contributed by atoms with E-state index in [2.05, 4.69) is 21.9 Å². The Morgan fingerprint density at radius 3 is 2.16 bits per heavy atom. The number of anilines is 1. The predicted octanol–water partition coefficient (Wildman–Crippen LogP) is 2.92. The van der Waals surface area contributed by atoms with Crippen LogP contribution >= 0.6 is 0 Å². The molecule has 0 bridgehead atoms. The second kappa shape index (κ2) is 9.64. The predicted molar refractivity (Wildman–Crippen MR) is 137 cm³/mol. The van der Waals surface area contributed by atoms with Crippen molar-refractivity contribution in [2.75, 3.05) is 5.01 Å². The molecule has 1 aliphatic rings. The van der Waals surface area contributed by atoms with Crippen LogP contribution in [0.2, 0.25) is 0 Å². The number of hydrogen-bond acceptors (Lipinski definition) is 11. The van der Waals surface area contributed by atoms with Crippen molar-refractivity contribution in [3.05, 3.63) is 66.6 Å². The highest BCUT2D eigenvalue weighted by molar-refractivity contribution is 7.94. The molecule has 0 fully saturated rings. The molecule has 0 saturated carbocycles. The number of aliphatic hydroxyl groups is 1. The third-order valence-electron chi connectivity index (χ3n) is 5.62. The molecule has 0 aliphatic carbocycles. The number of hydrogen-bond donors (Lipinski definition) is 3. The molecule has 200 valence electrons. The monoisotopic (exact) mass is 580 g/mol. The quantitative estimate of drug-likeness (QED) is 0.275. The summed E-state index contributed by atoms with van der Waals surface area (Å²) >= 11 is 0. The van der Waals surface area contributed by atoms with Gasteiger partial charge in [-0.25, -0.2) is 13.4 Å². The lowest BCUT2D eigenvalue weighted by atomic mass is 10.1. The standard InChI is InChI=1S/C22H20N4O9S3/c1-3-36(28,29)17-7-5-16(6-8-17)26-22(27)21(13(2)25-26)24-23-15-4-9-19-14(10-15)11-18(37(30,31)32)12-20(19)38(33,34)35/h3-12,21-22,27H,1H2,2H3,(H,30,31,32)(H,33,34,35). The second-order valence-electron chi connectivity index (χ2n) is 8.14. The number of rotatable bonds is 7. The van der Waals surface area contributed by atoms with Gasteiger partial charge in [-0.1, -0.05) is 12.6 Å². The van der Waals surface area contributed by atoms with Crippen molar-refractivity contribution in [2.24, 2.45) is 15.3 Å². The molecule has 0 amide bonds. The first kappa shape index (κ1) is 27.5. The fourth-order valence-corrected chi connectivity index (χ4v) is 5.79. The molecule has 3 N–H and O–H groups in total. The van der Waals surface area contributed by atoms with E-state index in [1.54, 1.807) is 6.92 Å². The van der Waals surface area contributed by atoms with Gasteiger partial charge in [-0.3, -0.25) is 9.11 Å². The first-order chi connectivity index (χ1) is 17.6. The van der Waals surface area contributed by atoms with Crippen molar-refractivity contribution in [1.29, 1.82) is 0 Å². The van der Waals surface area contributed by atoms with Crippen LogP contribution in [0.1, 0.15) is 6.92 Å². The zero-order chi connectivity index (χ0) is 28.0. The minimum atomic E-state index is -4.83. The summed E-state index contributed by atoms with van der Waals surface area (Å²) in [6.45, 7) is 4.87. The van der Waals surface area contributed by atoms with E-state index in [1.165, 1.54) is 47.5 Å². The largest absolute Gasteiger partial charge is 0.369 e. The van der Waals surface area contributed by atoms with E-state index < -0.39 is 52.1 Å². The molecule has 2 unspecified atom stereocenters. The summed E-state index contributed by atoms with van der Waals surface area (Å²) in [5.41, 5.74) is 0.912. The van der Waals surface area contributed by atoms with Gasteiger partial charge >= 0.3 is 0 Å². The molecule has 0 radical (unpaired) electrons. The minimum Gasteiger partial charge on any atom is -0.369 e. The number of fused-ring (bicyclic) bond motifs is 1. The van der Waals surface area contributed by atoms with E-state index in [0.29, 0.717) is 17.5 Å². The fourth-order valence-electron chi connectivity index (χ4n) is 3.73. The molecular formula is C22H20N4O9S3. The molecule has 1 heterocycles. The smallest absolute Gasteiger partial charge is 0.295 e. The van der Waals surface area contributed by atoms with Crippen LogP contribution in [0.15, 0.2) is 96.6 Å². The van der Waals surface area contributed by atoms with Gasteiger partial charge in [0, 0.05) is 10.8 Å². The summed E-state index contributed by atoms with van der Waals surface area (Å²) in [6, 6.07) is 10.2. The number of hydrazone groups is 1. The number of azo groups is 1. The highest BCUT2D eigenvalue weighted by Crippen LogP contribution is 2.32. The number of nitrogens with zero attached hydrogens (tertiary/aromatic N) is 4. The highest BCUT2D eigenvalue weighted by atomic mass is 32.2. The molecule has 3 aromatic carbocycles. The molecule has 0 aromatic heterocycles. The van der Waals surface area contributed by atoms with Gasteiger partial charge in [0.25, 0.3) is 20.2 Å². The topological polar surface area (TPSA) is 203 Å². The Kier molecular flexibility index (Phi) is 6.98. The van der Waals surface area contributed by atoms with Crippen LogP contribution in [0.3, 0.4) is 0 Å². The third-order valence-corrected chi connectivity index (χ3v) is 8.71. The molecule has 4 rings (SSSR count). The van der Waals surface area contributed by atoms with E-state index >= 15 is 0 Å². The van der Waals surface area contributed by atoms with Crippen molar-refractivity contribution in [1.82, 2.24) is 0 Å². The molecule has 1 aliphatic heterocycles. The molecular weight excluding hydrogens is 560 g/mol. The second-order valence-corrected chi connectivity index (χ2v) is 12.8. The van der Waals surface area contributed by atoms with Gasteiger partial charge < -0.3 is 5.11 Å². The van der Waals surface area contributed by atoms with Crippen LogP contribution in [0.25, 0.3) is 10.8 Å². The maximum atomic E-state index is 11.9. The summed E-state index contributed by atoms with van der Waals surface area (Å²) in [5, 5.41) is 25.3. The van der Waals surface area contributed by atoms with E-state index in [-0.39, 0.29) is 21.4 Å². The maximum absolute atomic E-state index is 11.9. The van der Waals surface area contributed by atoms with Gasteiger partial charge in [0.1, 0.15) is 4.90 Å². The molecule has 13 nitrogen and oxygen atoms in total. The average molecular weight is 581 g/mol. The van der Waals surface area contributed by atoms with Crippen LogP contribution in [0.5, 0.6) is 0 Å². The van der Waals surface area contributed by atoms with Crippen LogP contribution < -0.4 is 5.01 Å². The van der Waals surface area contributed by atoms with Crippen LogP contribution in [-0.4, -0.2) is 57.4 Å². The van der Waals surface area contributed by atoms with Gasteiger partial charge in [0.15, 0.2) is 22.1 Å². The lowest BCUT2D eigenvalue weighted by Crippen LogP contribution is -2.35. The van der Waals surface area contributed by atoms with Crippen molar-refractivity contribution < 1.29 is 39.5 Å². The van der Waals surface area contributed by atoms with E-state index in [9.17, 15) is 39.5 Å². The minimum absolute atomic E-state index is 0.0208. The molecule has 16 heteroatoms. The SMILES string of the molecule is C=CS(=O)(=O)c1ccc(N2N=C(C)C(N=Nc3ccc4c(S(=O)(=O)O)cc(S(=O)(=O)O)cc4c3)C2O)cc1. The first-order valence-corrected chi connectivity index (χ1v) is 15.0. The Morgan fingerprint density at radius 2 is 1.58 bits per heavy atom. The van der Waals surface area contributed by atoms with Crippen LogP contribution in [0.4, 0.5) is 11.4 Å². The highest BCUT2D eigenvalue weighted by Gasteiger charge is 2.35. The zero-order valence-electron chi connectivity index (χ0n) is 19.4. The van der Waals surface area contributed by atoms with Crippen molar-refractivity contribution in [3.8, 4) is 0 Å². The van der Waals surface area contributed by atoms with Crippen LogP contribution in [0, 0.1) is 0 Å². The van der Waals surface area contributed by atoms with E-state index in [0.717, 1.165) is 11.5 Å².